The van der Waals surface area contributed by atoms with Crippen LogP contribution in [0.5, 0.6) is 0 Å². The number of hydrogen-bond donors (Lipinski definition) is 2. The number of nitrogens with two attached hydrogens (primary N) is 1. The van der Waals surface area contributed by atoms with E-state index in [1.54, 1.807) is 0 Å². The van der Waals surface area contributed by atoms with Gasteiger partial charge in [-0.3, -0.25) is 9.59 Å². The first-order valence-corrected chi connectivity index (χ1v) is 7.49. The molecule has 1 saturated carbocycles. The molecule has 1 aliphatic carbocycles. The van der Waals surface area contributed by atoms with Crippen LogP contribution >= 0.6 is 15.9 Å². The Morgan fingerprint density at radius 2 is 2.20 bits per heavy atom. The quantitative estimate of drug-likeness (QED) is 0.870. The minimum Gasteiger partial charge on any atom is -0.354 e. The lowest BCUT2D eigenvalue weighted by Crippen LogP contribution is -2.41. The molecule has 1 heterocycles. The molecule has 0 spiro atoms. The highest BCUT2D eigenvalue weighted by molar-refractivity contribution is 9.10. The molecule has 0 radical (unpaired) electrons. The van der Waals surface area contributed by atoms with Crippen LogP contribution in [0.15, 0.2) is 22.7 Å². The zero-order valence-electron chi connectivity index (χ0n) is 10.9. The Morgan fingerprint density at radius 1 is 1.45 bits per heavy atom. The van der Waals surface area contributed by atoms with Gasteiger partial charge in [0, 0.05) is 16.6 Å². The number of benzene rings is 1. The Bertz CT molecular complexity index is 572. The molecular formula is C14H16BrN3O2. The van der Waals surface area contributed by atoms with E-state index in [0.29, 0.717) is 12.5 Å². The number of carbonyl (C=O) groups is 2. The summed E-state index contributed by atoms with van der Waals surface area (Å²) in [6.07, 6.45) is 2.37. The van der Waals surface area contributed by atoms with Crippen molar-refractivity contribution >= 4 is 33.4 Å². The van der Waals surface area contributed by atoms with Gasteiger partial charge in [-0.15, -0.1) is 0 Å². The SMILES string of the molecule is NC1C(=O)N(CC(=O)NCC2CC2)c2cccc(Br)c21. The molecule has 6 heteroatoms. The normalized spacial score (nSPS) is 21.0. The van der Waals surface area contributed by atoms with E-state index < -0.39 is 6.04 Å². The third-order valence-electron chi connectivity index (χ3n) is 3.75. The average molecular weight is 338 g/mol. The maximum Gasteiger partial charge on any atom is 0.249 e. The molecule has 2 amide bonds. The highest BCUT2D eigenvalue weighted by Gasteiger charge is 2.37. The Balaban J connectivity index is 1.75. The summed E-state index contributed by atoms with van der Waals surface area (Å²) >= 11 is 3.41. The number of hydrogen-bond acceptors (Lipinski definition) is 3. The van der Waals surface area contributed by atoms with E-state index in [9.17, 15) is 9.59 Å². The lowest BCUT2D eigenvalue weighted by molar-refractivity contribution is -0.124. The van der Waals surface area contributed by atoms with Crippen molar-refractivity contribution in [1.82, 2.24) is 5.32 Å². The van der Waals surface area contributed by atoms with Crippen molar-refractivity contribution < 1.29 is 9.59 Å². The topological polar surface area (TPSA) is 75.4 Å². The second-order valence-corrected chi connectivity index (χ2v) is 6.18. The summed E-state index contributed by atoms with van der Waals surface area (Å²) in [6.45, 7) is 0.737. The predicted octanol–water partition coefficient (Wildman–Crippen LogP) is 1.32. The summed E-state index contributed by atoms with van der Waals surface area (Å²) in [4.78, 5) is 25.6. The van der Waals surface area contributed by atoms with Crippen LogP contribution < -0.4 is 16.0 Å². The molecular weight excluding hydrogens is 322 g/mol. The van der Waals surface area contributed by atoms with Gasteiger partial charge >= 0.3 is 0 Å². The molecule has 1 aromatic carbocycles. The molecule has 0 aromatic heterocycles. The Labute approximate surface area is 125 Å². The van der Waals surface area contributed by atoms with Crippen LogP contribution in [0.2, 0.25) is 0 Å². The Morgan fingerprint density at radius 3 is 2.90 bits per heavy atom. The molecule has 1 unspecified atom stereocenters. The van der Waals surface area contributed by atoms with Crippen molar-refractivity contribution in [2.75, 3.05) is 18.0 Å². The molecule has 1 fully saturated rings. The van der Waals surface area contributed by atoms with Crippen LogP contribution in [-0.2, 0) is 9.59 Å². The second kappa shape index (κ2) is 5.18. The monoisotopic (exact) mass is 337 g/mol. The summed E-state index contributed by atoms with van der Waals surface area (Å²) in [5, 5.41) is 2.87. The summed E-state index contributed by atoms with van der Waals surface area (Å²) in [5.41, 5.74) is 7.41. The first kappa shape index (κ1) is 13.6. The second-order valence-electron chi connectivity index (χ2n) is 5.32. The summed E-state index contributed by atoms with van der Waals surface area (Å²) in [7, 11) is 0. The van der Waals surface area contributed by atoms with Crippen LogP contribution in [0, 0.1) is 5.92 Å². The first-order valence-electron chi connectivity index (χ1n) is 6.70. The van der Waals surface area contributed by atoms with Gasteiger partial charge in [0.15, 0.2) is 0 Å². The zero-order valence-corrected chi connectivity index (χ0v) is 12.5. The van der Waals surface area contributed by atoms with E-state index in [4.69, 9.17) is 5.73 Å². The molecule has 3 rings (SSSR count). The van der Waals surface area contributed by atoms with Gasteiger partial charge in [-0.1, -0.05) is 22.0 Å². The Hall–Kier alpha value is -1.40. The maximum absolute atomic E-state index is 12.2. The van der Waals surface area contributed by atoms with Crippen LogP contribution in [0.3, 0.4) is 0 Å². The summed E-state index contributed by atoms with van der Waals surface area (Å²) in [6, 6.07) is 4.81. The van der Waals surface area contributed by atoms with Gasteiger partial charge in [0.25, 0.3) is 0 Å². The van der Waals surface area contributed by atoms with E-state index >= 15 is 0 Å². The summed E-state index contributed by atoms with van der Waals surface area (Å²) in [5.74, 6) is 0.260. The lowest BCUT2D eigenvalue weighted by atomic mass is 10.1. The van der Waals surface area contributed by atoms with Crippen LogP contribution in [0.1, 0.15) is 24.4 Å². The third kappa shape index (κ3) is 2.45. The van der Waals surface area contributed by atoms with E-state index in [1.165, 1.54) is 17.7 Å². The molecule has 0 bridgehead atoms. The van der Waals surface area contributed by atoms with Gasteiger partial charge in [-0.25, -0.2) is 0 Å². The average Bonchev–Trinajstić information content (AvgIpc) is 3.21. The molecule has 1 atom stereocenters. The van der Waals surface area contributed by atoms with Crippen LogP contribution in [0.25, 0.3) is 0 Å². The molecule has 1 aromatic rings. The van der Waals surface area contributed by atoms with Gasteiger partial charge in [0.05, 0.1) is 5.69 Å². The van der Waals surface area contributed by atoms with E-state index in [0.717, 1.165) is 15.7 Å². The molecule has 2 aliphatic rings. The number of nitrogens with one attached hydrogen (secondary N) is 1. The largest absolute Gasteiger partial charge is 0.354 e. The molecule has 0 saturated heterocycles. The van der Waals surface area contributed by atoms with Gasteiger partial charge in [-0.2, -0.15) is 0 Å². The highest BCUT2D eigenvalue weighted by atomic mass is 79.9. The van der Waals surface area contributed by atoms with Crippen molar-refractivity contribution in [3.8, 4) is 0 Å². The lowest BCUT2D eigenvalue weighted by Gasteiger charge is -2.17. The van der Waals surface area contributed by atoms with Gasteiger partial charge in [-0.05, 0) is 30.9 Å². The minimum atomic E-state index is -0.697. The molecule has 3 N–H and O–H groups in total. The van der Waals surface area contributed by atoms with Gasteiger partial charge in [0.2, 0.25) is 11.8 Å². The number of halogens is 1. The van der Waals surface area contributed by atoms with Gasteiger partial charge in [0.1, 0.15) is 12.6 Å². The van der Waals surface area contributed by atoms with Crippen LogP contribution in [0.4, 0.5) is 5.69 Å². The smallest absolute Gasteiger partial charge is 0.249 e. The zero-order chi connectivity index (χ0) is 14.3. The van der Waals surface area contributed by atoms with Crippen molar-refractivity contribution in [2.24, 2.45) is 11.7 Å². The fourth-order valence-corrected chi connectivity index (χ4v) is 3.02. The fraction of sp³-hybridized carbons (Fsp3) is 0.429. The number of rotatable bonds is 4. The summed E-state index contributed by atoms with van der Waals surface area (Å²) < 4.78 is 0.803. The molecule has 106 valence electrons. The number of fused-ring (bicyclic) bond motifs is 1. The van der Waals surface area contributed by atoms with E-state index in [2.05, 4.69) is 21.2 Å². The molecule has 1 aliphatic heterocycles. The maximum atomic E-state index is 12.2. The van der Waals surface area contributed by atoms with Crippen molar-refractivity contribution in [1.29, 1.82) is 0 Å². The Kier molecular flexibility index (Phi) is 3.52. The van der Waals surface area contributed by atoms with Crippen molar-refractivity contribution in [2.45, 2.75) is 18.9 Å². The number of nitrogens with zero attached hydrogens (tertiary/aromatic N) is 1. The predicted molar refractivity (Wildman–Crippen MR) is 79.2 cm³/mol. The first-order chi connectivity index (χ1) is 9.58. The standard InChI is InChI=1S/C14H16BrN3O2/c15-9-2-1-3-10-12(9)13(16)14(20)18(10)7-11(19)17-6-8-4-5-8/h1-3,8,13H,4-7,16H2,(H,17,19). The van der Waals surface area contributed by atoms with E-state index in [-0.39, 0.29) is 18.4 Å². The molecule has 20 heavy (non-hydrogen) atoms. The number of carbonyl (C=O) groups excluding carboxylic acids is 2. The van der Waals surface area contributed by atoms with Crippen molar-refractivity contribution in [3.63, 3.8) is 0 Å². The van der Waals surface area contributed by atoms with Gasteiger partial charge < -0.3 is 16.0 Å². The highest BCUT2D eigenvalue weighted by Crippen LogP contribution is 2.39. The van der Waals surface area contributed by atoms with E-state index in [1.807, 2.05) is 18.2 Å². The number of amides is 2. The third-order valence-corrected chi connectivity index (χ3v) is 4.44. The molecule has 5 nitrogen and oxygen atoms in total. The fourth-order valence-electron chi connectivity index (χ4n) is 2.42. The van der Waals surface area contributed by atoms with Crippen LogP contribution in [-0.4, -0.2) is 24.9 Å². The van der Waals surface area contributed by atoms with Crippen molar-refractivity contribution in [3.05, 3.63) is 28.2 Å². The number of anilines is 1. The minimum absolute atomic E-state index is 0.0305.